The Morgan fingerprint density at radius 1 is 1.04 bits per heavy atom. The van der Waals surface area contributed by atoms with E-state index in [1.54, 1.807) is 6.92 Å². The zero-order valence-corrected chi connectivity index (χ0v) is 14.7. The van der Waals surface area contributed by atoms with Crippen LogP contribution in [0.5, 0.6) is 0 Å². The Morgan fingerprint density at radius 3 is 2.52 bits per heavy atom. The number of benzene rings is 1. The first-order valence-electron chi connectivity index (χ1n) is 9.24. The summed E-state index contributed by atoms with van der Waals surface area (Å²) in [6.45, 7) is 4.69. The number of amides is 2. The molecular formula is C20H25N3O2. The van der Waals surface area contributed by atoms with E-state index in [1.165, 1.54) is 16.5 Å². The van der Waals surface area contributed by atoms with E-state index in [1.807, 2.05) is 15.9 Å². The van der Waals surface area contributed by atoms with Gasteiger partial charge in [-0.3, -0.25) is 9.59 Å². The van der Waals surface area contributed by atoms with E-state index in [-0.39, 0.29) is 17.7 Å². The van der Waals surface area contributed by atoms with E-state index in [2.05, 4.69) is 29.4 Å². The molecule has 2 amide bonds. The summed E-state index contributed by atoms with van der Waals surface area (Å²) in [7, 11) is 0. The van der Waals surface area contributed by atoms with Gasteiger partial charge in [0.2, 0.25) is 11.8 Å². The van der Waals surface area contributed by atoms with Crippen LogP contribution in [0.4, 0.5) is 0 Å². The van der Waals surface area contributed by atoms with Gasteiger partial charge in [0.25, 0.3) is 0 Å². The minimum Gasteiger partial charge on any atom is -0.361 e. The molecule has 2 aromatic rings. The van der Waals surface area contributed by atoms with Crippen LogP contribution in [-0.2, 0) is 9.59 Å². The molecule has 2 aliphatic rings. The second-order valence-electron chi connectivity index (χ2n) is 7.34. The van der Waals surface area contributed by atoms with E-state index in [9.17, 15) is 9.59 Å². The minimum atomic E-state index is 0.0809. The van der Waals surface area contributed by atoms with Gasteiger partial charge in [0.15, 0.2) is 0 Å². The van der Waals surface area contributed by atoms with E-state index in [0.717, 1.165) is 32.4 Å². The Bertz CT molecular complexity index is 789. The van der Waals surface area contributed by atoms with Gasteiger partial charge in [0.05, 0.1) is 0 Å². The molecule has 5 heteroatoms. The Hall–Kier alpha value is -2.30. The number of H-pyrrole nitrogens is 1. The SMILES string of the molecule is CC(=O)N1CCC(C(=O)N2CCC(c3c[nH]c4ccccc34)C2)CC1. The predicted octanol–water partition coefficient (Wildman–Crippen LogP) is 2.74. The fourth-order valence-electron chi connectivity index (χ4n) is 4.35. The maximum Gasteiger partial charge on any atom is 0.225 e. The van der Waals surface area contributed by atoms with Crippen molar-refractivity contribution < 1.29 is 9.59 Å². The first-order valence-corrected chi connectivity index (χ1v) is 9.24. The van der Waals surface area contributed by atoms with Crippen LogP contribution >= 0.6 is 0 Å². The Balaban J connectivity index is 1.41. The fourth-order valence-corrected chi connectivity index (χ4v) is 4.35. The zero-order valence-electron chi connectivity index (χ0n) is 14.7. The van der Waals surface area contributed by atoms with Gasteiger partial charge < -0.3 is 14.8 Å². The van der Waals surface area contributed by atoms with Crippen molar-refractivity contribution >= 4 is 22.7 Å². The number of rotatable bonds is 2. The number of fused-ring (bicyclic) bond motifs is 1. The quantitative estimate of drug-likeness (QED) is 0.915. The Labute approximate surface area is 148 Å². The number of aromatic amines is 1. The van der Waals surface area contributed by atoms with Gasteiger partial charge in [-0.1, -0.05) is 18.2 Å². The first kappa shape index (κ1) is 16.2. The van der Waals surface area contributed by atoms with Crippen molar-refractivity contribution in [1.82, 2.24) is 14.8 Å². The highest BCUT2D eigenvalue weighted by atomic mass is 16.2. The number of piperidine rings is 1. The largest absolute Gasteiger partial charge is 0.361 e. The van der Waals surface area contributed by atoms with E-state index >= 15 is 0 Å². The number of likely N-dealkylation sites (tertiary alicyclic amines) is 2. The lowest BCUT2D eigenvalue weighted by Gasteiger charge is -2.32. The lowest BCUT2D eigenvalue weighted by molar-refractivity contribution is -0.139. The lowest BCUT2D eigenvalue weighted by atomic mass is 9.95. The summed E-state index contributed by atoms with van der Waals surface area (Å²) in [6, 6.07) is 8.36. The maximum absolute atomic E-state index is 12.9. The summed E-state index contributed by atoms with van der Waals surface area (Å²) in [4.78, 5) is 31.5. The lowest BCUT2D eigenvalue weighted by Crippen LogP contribution is -2.43. The summed E-state index contributed by atoms with van der Waals surface area (Å²) in [6.07, 6.45) is 4.73. The second kappa shape index (κ2) is 6.54. The number of para-hydroxylation sites is 1. The highest BCUT2D eigenvalue weighted by Gasteiger charge is 2.34. The number of carbonyl (C=O) groups is 2. The number of aromatic nitrogens is 1. The van der Waals surface area contributed by atoms with Gasteiger partial charge in [-0.15, -0.1) is 0 Å². The molecule has 0 radical (unpaired) electrons. The average molecular weight is 339 g/mol. The fraction of sp³-hybridized carbons (Fsp3) is 0.500. The molecule has 1 aromatic carbocycles. The van der Waals surface area contributed by atoms with Gasteiger partial charge in [-0.25, -0.2) is 0 Å². The molecule has 2 fully saturated rings. The third kappa shape index (κ3) is 3.03. The standard InChI is InChI=1S/C20H25N3O2/c1-14(24)22-9-6-15(7-10-22)20(25)23-11-8-16(13-23)18-12-21-19-5-3-2-4-17(18)19/h2-5,12,15-16,21H,6-11,13H2,1H3. The van der Waals surface area contributed by atoms with Crippen LogP contribution < -0.4 is 0 Å². The van der Waals surface area contributed by atoms with E-state index < -0.39 is 0 Å². The van der Waals surface area contributed by atoms with E-state index in [0.29, 0.717) is 19.0 Å². The molecular weight excluding hydrogens is 314 g/mol. The van der Waals surface area contributed by atoms with Crippen molar-refractivity contribution in [2.24, 2.45) is 5.92 Å². The van der Waals surface area contributed by atoms with Crippen LogP contribution in [0.25, 0.3) is 10.9 Å². The molecule has 1 aromatic heterocycles. The summed E-state index contributed by atoms with van der Waals surface area (Å²) in [5, 5.41) is 1.27. The van der Waals surface area contributed by atoms with Crippen molar-refractivity contribution in [1.29, 1.82) is 0 Å². The Morgan fingerprint density at radius 2 is 1.76 bits per heavy atom. The maximum atomic E-state index is 12.9. The number of nitrogens with zero attached hydrogens (tertiary/aromatic N) is 2. The molecule has 132 valence electrons. The van der Waals surface area contributed by atoms with Gasteiger partial charge in [-0.05, 0) is 30.9 Å². The topological polar surface area (TPSA) is 56.4 Å². The molecule has 2 aliphatic heterocycles. The second-order valence-corrected chi connectivity index (χ2v) is 7.34. The monoisotopic (exact) mass is 339 g/mol. The highest BCUT2D eigenvalue weighted by Crippen LogP contribution is 2.33. The summed E-state index contributed by atoms with van der Waals surface area (Å²) in [5.41, 5.74) is 2.50. The molecule has 0 aliphatic carbocycles. The van der Waals surface area contributed by atoms with E-state index in [4.69, 9.17) is 0 Å². The zero-order chi connectivity index (χ0) is 17.4. The van der Waals surface area contributed by atoms with Crippen LogP contribution in [0.1, 0.15) is 37.7 Å². The molecule has 1 N–H and O–H groups in total. The van der Waals surface area contributed by atoms with Crippen molar-refractivity contribution in [3.05, 3.63) is 36.0 Å². The third-order valence-electron chi connectivity index (χ3n) is 5.85. The summed E-state index contributed by atoms with van der Waals surface area (Å²) < 4.78 is 0. The van der Waals surface area contributed by atoms with Gasteiger partial charge >= 0.3 is 0 Å². The van der Waals surface area contributed by atoms with Gasteiger partial charge in [0, 0.05) is 62.0 Å². The first-order chi connectivity index (χ1) is 12.1. The van der Waals surface area contributed by atoms with Crippen LogP contribution in [0.15, 0.2) is 30.5 Å². The van der Waals surface area contributed by atoms with Crippen molar-refractivity contribution in [2.75, 3.05) is 26.2 Å². The van der Waals surface area contributed by atoms with Crippen LogP contribution in [-0.4, -0.2) is 52.8 Å². The average Bonchev–Trinajstić information content (AvgIpc) is 3.28. The number of carbonyl (C=O) groups excluding carboxylic acids is 2. The molecule has 0 saturated carbocycles. The van der Waals surface area contributed by atoms with Crippen molar-refractivity contribution in [2.45, 2.75) is 32.1 Å². The third-order valence-corrected chi connectivity index (χ3v) is 5.85. The van der Waals surface area contributed by atoms with Crippen LogP contribution in [0.3, 0.4) is 0 Å². The molecule has 1 atom stereocenters. The normalized spacial score (nSPS) is 21.9. The summed E-state index contributed by atoms with van der Waals surface area (Å²) >= 11 is 0. The molecule has 1 unspecified atom stereocenters. The van der Waals surface area contributed by atoms with Crippen LogP contribution in [0, 0.1) is 5.92 Å². The van der Waals surface area contributed by atoms with Crippen molar-refractivity contribution in [3.63, 3.8) is 0 Å². The Kier molecular flexibility index (Phi) is 4.24. The number of hydrogen-bond donors (Lipinski definition) is 1. The smallest absolute Gasteiger partial charge is 0.225 e. The number of nitrogens with one attached hydrogen (secondary N) is 1. The molecule has 4 rings (SSSR count). The molecule has 25 heavy (non-hydrogen) atoms. The molecule has 2 saturated heterocycles. The minimum absolute atomic E-state index is 0.0809. The predicted molar refractivity (Wildman–Crippen MR) is 97.2 cm³/mol. The van der Waals surface area contributed by atoms with Gasteiger partial charge in [0.1, 0.15) is 0 Å². The van der Waals surface area contributed by atoms with Gasteiger partial charge in [-0.2, -0.15) is 0 Å². The molecule has 0 spiro atoms. The summed E-state index contributed by atoms with van der Waals surface area (Å²) in [5.74, 6) is 0.895. The molecule has 5 nitrogen and oxygen atoms in total. The molecule has 3 heterocycles. The number of hydrogen-bond acceptors (Lipinski definition) is 2. The molecule has 0 bridgehead atoms. The van der Waals surface area contributed by atoms with Crippen LogP contribution in [0.2, 0.25) is 0 Å². The highest BCUT2D eigenvalue weighted by molar-refractivity contribution is 5.84. The van der Waals surface area contributed by atoms with Crippen molar-refractivity contribution in [3.8, 4) is 0 Å².